The van der Waals surface area contributed by atoms with Gasteiger partial charge >= 0.3 is 0 Å². The lowest BCUT2D eigenvalue weighted by Gasteiger charge is -2.34. The molecule has 0 radical (unpaired) electrons. The molecule has 19 heavy (non-hydrogen) atoms. The number of methoxy groups -OCH3 is 1. The number of nitrogens with zero attached hydrogens (tertiary/aromatic N) is 1. The fraction of sp³-hybridized carbons (Fsp3) is 0.538. The predicted octanol–water partition coefficient (Wildman–Crippen LogP) is 0.912. The van der Waals surface area contributed by atoms with E-state index in [0.29, 0.717) is 13.1 Å². The highest BCUT2D eigenvalue weighted by atomic mass is 19.1. The number of hydrogen-bond acceptors (Lipinski definition) is 4. The summed E-state index contributed by atoms with van der Waals surface area (Å²) in [5, 5.41) is 12.6. The zero-order chi connectivity index (χ0) is 13.8. The summed E-state index contributed by atoms with van der Waals surface area (Å²) in [5.41, 5.74) is -0.0924. The summed E-state index contributed by atoms with van der Waals surface area (Å²) in [5.74, 6) is -1.24. The minimum atomic E-state index is -0.686. The van der Waals surface area contributed by atoms with Gasteiger partial charge in [0, 0.05) is 43.9 Å². The van der Waals surface area contributed by atoms with Gasteiger partial charge in [0.05, 0.1) is 19.8 Å². The Morgan fingerprint density at radius 3 is 2.37 bits per heavy atom. The van der Waals surface area contributed by atoms with Crippen molar-refractivity contribution in [3.63, 3.8) is 0 Å². The van der Waals surface area contributed by atoms with Gasteiger partial charge < -0.3 is 15.2 Å². The number of hydrogen-bond donors (Lipinski definition) is 2. The number of rotatable bonds is 4. The largest absolute Gasteiger partial charge is 0.497 e. The third-order valence-corrected chi connectivity index (χ3v) is 3.39. The monoisotopic (exact) mass is 272 g/mol. The molecule has 1 saturated heterocycles. The van der Waals surface area contributed by atoms with Crippen LogP contribution in [-0.4, -0.2) is 49.9 Å². The maximum Gasteiger partial charge on any atom is 0.134 e. The van der Waals surface area contributed by atoms with Crippen molar-refractivity contribution >= 4 is 0 Å². The number of piperazine rings is 1. The van der Waals surface area contributed by atoms with Gasteiger partial charge in [-0.1, -0.05) is 0 Å². The van der Waals surface area contributed by atoms with Crippen molar-refractivity contribution in [2.75, 3.05) is 39.9 Å². The lowest BCUT2D eigenvalue weighted by atomic mass is 10.0. The van der Waals surface area contributed by atoms with Gasteiger partial charge in [-0.15, -0.1) is 0 Å². The van der Waals surface area contributed by atoms with Crippen LogP contribution < -0.4 is 10.1 Å². The standard InChI is InChI=1S/C13H18F2N2O2/c1-19-9-6-10(14)13(11(15)7-9)12(8-18)17-4-2-16-3-5-17/h6-7,12,16,18H,2-5,8H2,1H3/t12-/m0/s1. The molecule has 1 aliphatic heterocycles. The van der Waals surface area contributed by atoms with Gasteiger partial charge in [0.15, 0.2) is 0 Å². The Morgan fingerprint density at radius 1 is 1.32 bits per heavy atom. The number of nitrogens with one attached hydrogen (secondary N) is 1. The van der Waals surface area contributed by atoms with Gasteiger partial charge in [-0.05, 0) is 0 Å². The molecule has 1 atom stereocenters. The molecule has 1 aromatic rings. The molecule has 0 aliphatic carbocycles. The lowest BCUT2D eigenvalue weighted by Crippen LogP contribution is -2.46. The van der Waals surface area contributed by atoms with Crippen LogP contribution in [0.1, 0.15) is 11.6 Å². The Bertz CT molecular complexity index is 414. The van der Waals surface area contributed by atoms with Crippen molar-refractivity contribution in [2.24, 2.45) is 0 Å². The van der Waals surface area contributed by atoms with Crippen LogP contribution in [0.25, 0.3) is 0 Å². The summed E-state index contributed by atoms with van der Waals surface area (Å²) in [4.78, 5) is 1.88. The third-order valence-electron chi connectivity index (χ3n) is 3.39. The first-order valence-electron chi connectivity index (χ1n) is 6.26. The fourth-order valence-corrected chi connectivity index (χ4v) is 2.38. The quantitative estimate of drug-likeness (QED) is 0.855. The Balaban J connectivity index is 2.31. The lowest BCUT2D eigenvalue weighted by molar-refractivity contribution is 0.105. The van der Waals surface area contributed by atoms with E-state index in [-0.39, 0.29) is 17.9 Å². The van der Waals surface area contributed by atoms with Crippen molar-refractivity contribution < 1.29 is 18.6 Å². The van der Waals surface area contributed by atoms with E-state index in [4.69, 9.17) is 4.74 Å². The smallest absolute Gasteiger partial charge is 0.134 e. The number of halogens is 2. The first-order chi connectivity index (χ1) is 9.17. The molecule has 0 spiro atoms. The first-order valence-corrected chi connectivity index (χ1v) is 6.26. The van der Waals surface area contributed by atoms with Crippen molar-refractivity contribution in [1.82, 2.24) is 10.2 Å². The number of aliphatic hydroxyl groups is 1. The zero-order valence-corrected chi connectivity index (χ0v) is 10.8. The Morgan fingerprint density at radius 2 is 1.89 bits per heavy atom. The van der Waals surface area contributed by atoms with Crippen LogP contribution in [0.4, 0.5) is 8.78 Å². The van der Waals surface area contributed by atoms with Crippen LogP contribution in [0.15, 0.2) is 12.1 Å². The maximum absolute atomic E-state index is 14.0. The third kappa shape index (κ3) is 3.02. The number of aliphatic hydroxyl groups excluding tert-OH is 1. The summed E-state index contributed by atoms with van der Waals surface area (Å²) in [6, 6.07) is 1.63. The highest BCUT2D eigenvalue weighted by Gasteiger charge is 2.27. The van der Waals surface area contributed by atoms with Crippen LogP contribution in [0.2, 0.25) is 0 Å². The van der Waals surface area contributed by atoms with E-state index in [9.17, 15) is 13.9 Å². The Kier molecular flexibility index (Phi) is 4.68. The van der Waals surface area contributed by atoms with Gasteiger partial charge in [-0.25, -0.2) is 8.78 Å². The maximum atomic E-state index is 14.0. The molecule has 1 fully saturated rings. The normalized spacial score (nSPS) is 18.3. The zero-order valence-electron chi connectivity index (χ0n) is 10.8. The van der Waals surface area contributed by atoms with Crippen LogP contribution in [0, 0.1) is 11.6 Å². The second-order valence-corrected chi connectivity index (χ2v) is 4.49. The van der Waals surface area contributed by atoms with Gasteiger partial charge in [0.1, 0.15) is 17.4 Å². The molecule has 0 bridgehead atoms. The summed E-state index contributed by atoms with van der Waals surface area (Å²) < 4.78 is 32.9. The molecular formula is C13H18F2N2O2. The number of benzene rings is 1. The summed E-state index contributed by atoms with van der Waals surface area (Å²) in [6.45, 7) is 2.47. The molecule has 6 heteroatoms. The Labute approximate surface area is 111 Å². The van der Waals surface area contributed by atoms with E-state index in [1.54, 1.807) is 0 Å². The minimum Gasteiger partial charge on any atom is -0.497 e. The molecule has 2 rings (SSSR count). The van der Waals surface area contributed by atoms with E-state index in [0.717, 1.165) is 25.2 Å². The second kappa shape index (κ2) is 6.27. The van der Waals surface area contributed by atoms with E-state index in [2.05, 4.69) is 5.32 Å². The average molecular weight is 272 g/mol. The van der Waals surface area contributed by atoms with E-state index in [1.807, 2.05) is 4.90 Å². The predicted molar refractivity (Wildman–Crippen MR) is 67.2 cm³/mol. The second-order valence-electron chi connectivity index (χ2n) is 4.49. The van der Waals surface area contributed by atoms with E-state index in [1.165, 1.54) is 7.11 Å². The van der Waals surface area contributed by atoms with Gasteiger partial charge in [0.25, 0.3) is 0 Å². The molecule has 1 aromatic carbocycles. The molecule has 0 amide bonds. The van der Waals surface area contributed by atoms with Crippen LogP contribution in [0.5, 0.6) is 5.75 Å². The topological polar surface area (TPSA) is 44.7 Å². The molecule has 4 nitrogen and oxygen atoms in total. The van der Waals surface area contributed by atoms with Crippen molar-refractivity contribution in [3.8, 4) is 5.75 Å². The van der Waals surface area contributed by atoms with Gasteiger partial charge in [-0.2, -0.15) is 0 Å². The molecule has 0 saturated carbocycles. The van der Waals surface area contributed by atoms with Crippen LogP contribution >= 0.6 is 0 Å². The van der Waals surface area contributed by atoms with E-state index < -0.39 is 17.7 Å². The highest BCUT2D eigenvalue weighted by molar-refractivity contribution is 5.32. The fourth-order valence-electron chi connectivity index (χ4n) is 2.38. The molecule has 0 aromatic heterocycles. The molecular weight excluding hydrogens is 254 g/mol. The van der Waals surface area contributed by atoms with Gasteiger partial charge in [-0.3, -0.25) is 4.90 Å². The molecule has 1 aliphatic rings. The van der Waals surface area contributed by atoms with Crippen molar-refractivity contribution in [2.45, 2.75) is 6.04 Å². The number of ether oxygens (including phenoxy) is 1. The van der Waals surface area contributed by atoms with Gasteiger partial charge in [0.2, 0.25) is 0 Å². The Hall–Kier alpha value is -1.24. The summed E-state index contributed by atoms with van der Waals surface area (Å²) in [7, 11) is 1.35. The average Bonchev–Trinajstić information content (AvgIpc) is 2.43. The van der Waals surface area contributed by atoms with E-state index >= 15 is 0 Å². The molecule has 1 heterocycles. The van der Waals surface area contributed by atoms with Crippen molar-refractivity contribution in [3.05, 3.63) is 29.3 Å². The highest BCUT2D eigenvalue weighted by Crippen LogP contribution is 2.29. The first kappa shape index (κ1) is 14.2. The molecule has 0 unspecified atom stereocenters. The van der Waals surface area contributed by atoms with Crippen molar-refractivity contribution in [1.29, 1.82) is 0 Å². The SMILES string of the molecule is COc1cc(F)c([C@H](CO)N2CCNCC2)c(F)c1. The van der Waals surface area contributed by atoms with Crippen LogP contribution in [-0.2, 0) is 0 Å². The van der Waals surface area contributed by atoms with Crippen LogP contribution in [0.3, 0.4) is 0 Å². The summed E-state index contributed by atoms with van der Waals surface area (Å²) in [6.07, 6.45) is 0. The minimum absolute atomic E-state index is 0.0924. The molecule has 2 N–H and O–H groups in total. The molecule has 106 valence electrons. The summed E-state index contributed by atoms with van der Waals surface area (Å²) >= 11 is 0.